The van der Waals surface area contributed by atoms with Crippen LogP contribution in [-0.4, -0.2) is 34.7 Å². The van der Waals surface area contributed by atoms with Gasteiger partial charge in [-0.15, -0.1) is 18.3 Å². The first-order chi connectivity index (χ1) is 10.0. The van der Waals surface area contributed by atoms with Crippen molar-refractivity contribution in [3.63, 3.8) is 0 Å². The number of carbonyl (C=O) groups excluding carboxylic acids is 2. The summed E-state index contributed by atoms with van der Waals surface area (Å²) in [5, 5.41) is 14.1. The van der Waals surface area contributed by atoms with E-state index >= 15 is 0 Å². The van der Waals surface area contributed by atoms with Crippen molar-refractivity contribution in [3.8, 4) is 0 Å². The number of amides is 2. The standard InChI is InChI=1S/C14H14N2O4S/c1-2-3-9(14(19)20)16-13(18)8-4-5-11-10(6-8)15-12(17)7-21-11/h2,4-6,9H,1,3,7H2,(H,15,17)(H,16,18)(H,19,20). The van der Waals surface area contributed by atoms with Crippen molar-refractivity contribution in [3.05, 3.63) is 36.4 Å². The van der Waals surface area contributed by atoms with Crippen molar-refractivity contribution in [1.82, 2.24) is 5.32 Å². The maximum atomic E-state index is 12.1. The lowest BCUT2D eigenvalue weighted by atomic mass is 10.1. The molecule has 7 heteroatoms. The van der Waals surface area contributed by atoms with E-state index in [1.165, 1.54) is 17.8 Å². The first-order valence-corrected chi connectivity index (χ1v) is 7.21. The largest absolute Gasteiger partial charge is 0.480 e. The number of carboxylic acid groups (broad SMARTS) is 1. The van der Waals surface area contributed by atoms with Gasteiger partial charge in [0.25, 0.3) is 5.91 Å². The van der Waals surface area contributed by atoms with Gasteiger partial charge in [-0.2, -0.15) is 0 Å². The molecule has 1 aliphatic rings. The molecule has 21 heavy (non-hydrogen) atoms. The van der Waals surface area contributed by atoms with Crippen LogP contribution in [0.3, 0.4) is 0 Å². The lowest BCUT2D eigenvalue weighted by Gasteiger charge is -2.18. The maximum Gasteiger partial charge on any atom is 0.326 e. The van der Waals surface area contributed by atoms with Gasteiger partial charge in [-0.05, 0) is 24.6 Å². The summed E-state index contributed by atoms with van der Waals surface area (Å²) in [6.45, 7) is 3.46. The number of carboxylic acids is 1. The van der Waals surface area contributed by atoms with Crippen LogP contribution in [0.1, 0.15) is 16.8 Å². The molecule has 0 aromatic heterocycles. The predicted molar refractivity (Wildman–Crippen MR) is 79.5 cm³/mol. The van der Waals surface area contributed by atoms with Gasteiger partial charge in [0.2, 0.25) is 5.91 Å². The summed E-state index contributed by atoms with van der Waals surface area (Å²) < 4.78 is 0. The van der Waals surface area contributed by atoms with Gasteiger partial charge < -0.3 is 15.7 Å². The third-order valence-corrected chi connectivity index (χ3v) is 3.95. The van der Waals surface area contributed by atoms with Crippen LogP contribution in [0, 0.1) is 0 Å². The minimum atomic E-state index is -1.12. The number of anilines is 1. The number of fused-ring (bicyclic) bond motifs is 1. The van der Waals surface area contributed by atoms with Gasteiger partial charge in [0.05, 0.1) is 11.4 Å². The van der Waals surface area contributed by atoms with Crippen LogP contribution in [0.15, 0.2) is 35.7 Å². The Morgan fingerprint density at radius 3 is 2.95 bits per heavy atom. The fourth-order valence-corrected chi connectivity index (χ4v) is 2.64. The molecule has 1 aromatic rings. The van der Waals surface area contributed by atoms with Crippen molar-refractivity contribution < 1.29 is 19.5 Å². The first kappa shape index (κ1) is 15.1. The monoisotopic (exact) mass is 306 g/mol. The molecule has 3 N–H and O–H groups in total. The SMILES string of the molecule is C=CCC(NC(=O)c1ccc2c(c1)NC(=O)CS2)C(=O)O. The van der Waals surface area contributed by atoms with Crippen LogP contribution in [-0.2, 0) is 9.59 Å². The topological polar surface area (TPSA) is 95.5 Å². The molecule has 1 heterocycles. The summed E-state index contributed by atoms with van der Waals surface area (Å²) in [6.07, 6.45) is 1.57. The van der Waals surface area contributed by atoms with Gasteiger partial charge in [-0.1, -0.05) is 6.08 Å². The van der Waals surface area contributed by atoms with Crippen molar-refractivity contribution in [2.24, 2.45) is 0 Å². The Balaban J connectivity index is 2.16. The minimum absolute atomic E-state index is 0.125. The second kappa shape index (κ2) is 6.45. The Hall–Kier alpha value is -2.28. The van der Waals surface area contributed by atoms with Crippen LogP contribution in [0.5, 0.6) is 0 Å². The van der Waals surface area contributed by atoms with Crippen LogP contribution >= 0.6 is 11.8 Å². The number of nitrogens with one attached hydrogen (secondary N) is 2. The Morgan fingerprint density at radius 1 is 1.52 bits per heavy atom. The van der Waals surface area contributed by atoms with E-state index in [1.54, 1.807) is 18.2 Å². The van der Waals surface area contributed by atoms with Crippen LogP contribution in [0.2, 0.25) is 0 Å². The molecule has 1 unspecified atom stereocenters. The Bertz CT molecular complexity index is 615. The van der Waals surface area contributed by atoms with E-state index in [1.807, 2.05) is 0 Å². The number of benzene rings is 1. The molecular formula is C14H14N2O4S. The van der Waals surface area contributed by atoms with E-state index in [0.29, 0.717) is 17.0 Å². The normalized spacial score (nSPS) is 14.6. The number of thioether (sulfide) groups is 1. The average molecular weight is 306 g/mol. The highest BCUT2D eigenvalue weighted by Crippen LogP contribution is 2.31. The second-order valence-electron chi connectivity index (χ2n) is 4.44. The highest BCUT2D eigenvalue weighted by Gasteiger charge is 2.21. The van der Waals surface area contributed by atoms with Gasteiger partial charge in [-0.3, -0.25) is 9.59 Å². The Labute approximate surface area is 125 Å². The Kier molecular flexibility index (Phi) is 4.64. The minimum Gasteiger partial charge on any atom is -0.480 e. The predicted octanol–water partition coefficient (Wildman–Crippen LogP) is 1.49. The third kappa shape index (κ3) is 3.63. The number of aliphatic carboxylic acids is 1. The highest BCUT2D eigenvalue weighted by molar-refractivity contribution is 8.00. The molecule has 0 aliphatic carbocycles. The fraction of sp³-hybridized carbons (Fsp3) is 0.214. The highest BCUT2D eigenvalue weighted by atomic mass is 32.2. The van der Waals surface area contributed by atoms with Crippen LogP contribution in [0.4, 0.5) is 5.69 Å². The third-order valence-electron chi connectivity index (χ3n) is 2.88. The molecule has 0 bridgehead atoms. The number of hydrogen-bond donors (Lipinski definition) is 3. The maximum absolute atomic E-state index is 12.1. The lowest BCUT2D eigenvalue weighted by molar-refractivity contribution is -0.139. The smallest absolute Gasteiger partial charge is 0.326 e. The molecule has 0 fully saturated rings. The number of carbonyl (C=O) groups is 3. The molecule has 0 saturated carbocycles. The second-order valence-corrected chi connectivity index (χ2v) is 5.45. The van der Waals surface area contributed by atoms with E-state index in [4.69, 9.17) is 5.11 Å². The summed E-state index contributed by atoms with van der Waals surface area (Å²) in [7, 11) is 0. The van der Waals surface area contributed by atoms with E-state index in [-0.39, 0.29) is 12.3 Å². The zero-order chi connectivity index (χ0) is 15.4. The van der Waals surface area contributed by atoms with E-state index in [9.17, 15) is 14.4 Å². The average Bonchev–Trinajstić information content (AvgIpc) is 2.45. The summed E-state index contributed by atoms with van der Waals surface area (Å²) in [6, 6.07) is 3.86. The molecule has 2 rings (SSSR count). The van der Waals surface area contributed by atoms with Crippen molar-refractivity contribution in [1.29, 1.82) is 0 Å². The van der Waals surface area contributed by atoms with Crippen molar-refractivity contribution in [2.75, 3.05) is 11.1 Å². The first-order valence-electron chi connectivity index (χ1n) is 6.22. The number of rotatable bonds is 5. The van der Waals surface area contributed by atoms with Crippen LogP contribution in [0.25, 0.3) is 0 Å². The zero-order valence-corrected chi connectivity index (χ0v) is 11.9. The van der Waals surface area contributed by atoms with Gasteiger partial charge in [0, 0.05) is 10.5 Å². The molecule has 1 atom stereocenters. The summed E-state index contributed by atoms with van der Waals surface area (Å²) in [5.74, 6) is -1.40. The molecular weight excluding hydrogens is 292 g/mol. The Morgan fingerprint density at radius 2 is 2.29 bits per heavy atom. The quantitative estimate of drug-likeness (QED) is 0.716. The zero-order valence-electron chi connectivity index (χ0n) is 11.1. The van der Waals surface area contributed by atoms with Gasteiger partial charge in [0.1, 0.15) is 6.04 Å². The summed E-state index contributed by atoms with van der Waals surface area (Å²) in [4.78, 5) is 35.3. The molecule has 1 aliphatic heterocycles. The molecule has 110 valence electrons. The van der Waals surface area contributed by atoms with E-state index < -0.39 is 17.9 Å². The van der Waals surface area contributed by atoms with Gasteiger partial charge in [-0.25, -0.2) is 4.79 Å². The van der Waals surface area contributed by atoms with Crippen LogP contribution < -0.4 is 10.6 Å². The summed E-state index contributed by atoms with van der Waals surface area (Å²) in [5.41, 5.74) is 0.867. The lowest BCUT2D eigenvalue weighted by Crippen LogP contribution is -2.40. The molecule has 0 radical (unpaired) electrons. The number of hydrogen-bond acceptors (Lipinski definition) is 4. The molecule has 0 saturated heterocycles. The molecule has 2 amide bonds. The fourth-order valence-electron chi connectivity index (χ4n) is 1.85. The van der Waals surface area contributed by atoms with Crippen molar-refractivity contribution in [2.45, 2.75) is 17.4 Å². The van der Waals surface area contributed by atoms with E-state index in [0.717, 1.165) is 4.90 Å². The van der Waals surface area contributed by atoms with Gasteiger partial charge in [0.15, 0.2) is 0 Å². The van der Waals surface area contributed by atoms with Gasteiger partial charge >= 0.3 is 5.97 Å². The molecule has 1 aromatic carbocycles. The summed E-state index contributed by atoms with van der Waals surface area (Å²) >= 11 is 1.39. The molecule has 0 spiro atoms. The molecule has 6 nitrogen and oxygen atoms in total. The van der Waals surface area contributed by atoms with Crippen molar-refractivity contribution >= 4 is 35.2 Å². The van der Waals surface area contributed by atoms with E-state index in [2.05, 4.69) is 17.2 Å².